The van der Waals surface area contributed by atoms with Crippen LogP contribution in [0, 0.1) is 5.92 Å². The number of amides is 2. The fourth-order valence-electron chi connectivity index (χ4n) is 3.72. The highest BCUT2D eigenvalue weighted by atomic mass is 32.1. The summed E-state index contributed by atoms with van der Waals surface area (Å²) < 4.78 is 1.89. The number of imidazole rings is 1. The molecule has 3 heterocycles. The van der Waals surface area contributed by atoms with Crippen LogP contribution in [0.5, 0.6) is 0 Å². The maximum Gasteiger partial charge on any atom is 0.242 e. The first-order chi connectivity index (χ1) is 13.7. The number of nitrogens with zero attached hydrogens (tertiary/aromatic N) is 4. The Morgan fingerprint density at radius 3 is 2.93 bits per heavy atom. The van der Waals surface area contributed by atoms with Crippen LogP contribution in [0.15, 0.2) is 30.6 Å². The molecule has 1 aliphatic carbocycles. The lowest BCUT2D eigenvalue weighted by Gasteiger charge is -2.26. The van der Waals surface area contributed by atoms with Crippen molar-refractivity contribution in [3.63, 3.8) is 0 Å². The number of thiazole rings is 1. The number of fused-ring (bicyclic) bond motifs is 2. The Morgan fingerprint density at radius 2 is 2.11 bits per heavy atom. The minimum atomic E-state index is 0.0715. The van der Waals surface area contributed by atoms with Crippen LogP contribution >= 0.6 is 11.3 Å². The lowest BCUT2D eigenvalue weighted by molar-refractivity contribution is -0.132. The topological polar surface area (TPSA) is 80.1 Å². The number of rotatable bonds is 4. The van der Waals surface area contributed by atoms with Crippen molar-refractivity contribution in [1.29, 1.82) is 0 Å². The molecule has 2 amide bonds. The molecule has 1 saturated carbocycles. The van der Waals surface area contributed by atoms with Crippen LogP contribution in [0.3, 0.4) is 0 Å². The number of para-hydroxylation sites is 2. The maximum absolute atomic E-state index is 12.8. The van der Waals surface area contributed by atoms with Gasteiger partial charge in [-0.05, 0) is 25.0 Å². The molecule has 1 fully saturated rings. The number of anilines is 1. The minimum absolute atomic E-state index is 0.0715. The van der Waals surface area contributed by atoms with E-state index in [2.05, 4.69) is 15.3 Å². The zero-order chi connectivity index (χ0) is 19.1. The molecule has 28 heavy (non-hydrogen) atoms. The van der Waals surface area contributed by atoms with E-state index < -0.39 is 0 Å². The molecule has 1 aliphatic heterocycles. The molecule has 3 aromatic rings. The van der Waals surface area contributed by atoms with Crippen molar-refractivity contribution < 1.29 is 9.59 Å². The van der Waals surface area contributed by atoms with Gasteiger partial charge in [0.1, 0.15) is 6.54 Å². The van der Waals surface area contributed by atoms with Gasteiger partial charge in [-0.25, -0.2) is 9.97 Å². The van der Waals surface area contributed by atoms with E-state index in [4.69, 9.17) is 0 Å². The second-order valence-corrected chi connectivity index (χ2v) is 8.52. The zero-order valence-electron chi connectivity index (χ0n) is 15.4. The molecule has 1 aromatic carbocycles. The third kappa shape index (κ3) is 3.17. The van der Waals surface area contributed by atoms with Crippen molar-refractivity contribution in [2.24, 2.45) is 5.92 Å². The molecule has 1 N–H and O–H groups in total. The molecule has 144 valence electrons. The van der Waals surface area contributed by atoms with Gasteiger partial charge < -0.3 is 14.8 Å². The molecule has 2 aromatic heterocycles. The summed E-state index contributed by atoms with van der Waals surface area (Å²) >= 11 is 1.49. The van der Waals surface area contributed by atoms with Crippen LogP contribution in [0.4, 0.5) is 5.13 Å². The van der Waals surface area contributed by atoms with E-state index in [1.807, 2.05) is 33.7 Å². The van der Waals surface area contributed by atoms with E-state index >= 15 is 0 Å². The number of carbonyl (C=O) groups excluding carboxylic acids is 2. The van der Waals surface area contributed by atoms with E-state index in [1.165, 1.54) is 11.3 Å². The summed E-state index contributed by atoms with van der Waals surface area (Å²) in [6, 6.07) is 7.82. The fourth-order valence-corrected chi connectivity index (χ4v) is 4.75. The van der Waals surface area contributed by atoms with E-state index in [9.17, 15) is 9.59 Å². The predicted molar refractivity (Wildman–Crippen MR) is 107 cm³/mol. The third-order valence-corrected chi connectivity index (χ3v) is 6.62. The van der Waals surface area contributed by atoms with Crippen LogP contribution < -0.4 is 5.32 Å². The van der Waals surface area contributed by atoms with Crippen LogP contribution in [0.25, 0.3) is 11.0 Å². The SMILES string of the molecule is O=C(Nc1nc2c(s1)CN(C(=O)Cn1cnc3ccccc31)CC2)C1CCC1. The first-order valence-electron chi connectivity index (χ1n) is 9.64. The summed E-state index contributed by atoms with van der Waals surface area (Å²) in [7, 11) is 0. The van der Waals surface area contributed by atoms with Gasteiger partial charge in [0, 0.05) is 23.8 Å². The first kappa shape index (κ1) is 17.4. The average Bonchev–Trinajstić information content (AvgIpc) is 3.23. The second-order valence-electron chi connectivity index (χ2n) is 7.43. The van der Waals surface area contributed by atoms with Crippen molar-refractivity contribution in [2.45, 2.75) is 38.8 Å². The molecule has 0 bridgehead atoms. The molecule has 0 saturated heterocycles. The molecule has 7 nitrogen and oxygen atoms in total. The summed E-state index contributed by atoms with van der Waals surface area (Å²) in [5.74, 6) is 0.295. The van der Waals surface area contributed by atoms with Gasteiger partial charge in [-0.2, -0.15) is 0 Å². The highest BCUT2D eigenvalue weighted by Crippen LogP contribution is 2.31. The largest absolute Gasteiger partial charge is 0.336 e. The summed E-state index contributed by atoms with van der Waals surface area (Å²) in [5.41, 5.74) is 2.86. The summed E-state index contributed by atoms with van der Waals surface area (Å²) in [5, 5.41) is 3.62. The van der Waals surface area contributed by atoms with Crippen LogP contribution in [0.2, 0.25) is 0 Å². The summed E-state index contributed by atoms with van der Waals surface area (Å²) in [6.45, 7) is 1.48. The maximum atomic E-state index is 12.8. The van der Waals surface area contributed by atoms with Gasteiger partial charge in [-0.3, -0.25) is 9.59 Å². The molecule has 0 spiro atoms. The van der Waals surface area contributed by atoms with Gasteiger partial charge in [0.05, 0.1) is 29.6 Å². The number of hydrogen-bond acceptors (Lipinski definition) is 5. The Hall–Kier alpha value is -2.74. The van der Waals surface area contributed by atoms with Crippen LogP contribution in [0.1, 0.15) is 29.8 Å². The fraction of sp³-hybridized carbons (Fsp3) is 0.400. The number of aromatic nitrogens is 3. The first-order valence-corrected chi connectivity index (χ1v) is 10.5. The summed E-state index contributed by atoms with van der Waals surface area (Å²) in [4.78, 5) is 36.8. The third-order valence-electron chi connectivity index (χ3n) is 5.62. The highest BCUT2D eigenvalue weighted by molar-refractivity contribution is 7.15. The van der Waals surface area contributed by atoms with Gasteiger partial charge in [0.15, 0.2) is 5.13 Å². The summed E-state index contributed by atoms with van der Waals surface area (Å²) in [6.07, 6.45) is 5.53. The highest BCUT2D eigenvalue weighted by Gasteiger charge is 2.28. The predicted octanol–water partition coefficient (Wildman–Crippen LogP) is 2.82. The lowest BCUT2D eigenvalue weighted by Crippen LogP contribution is -2.37. The van der Waals surface area contributed by atoms with Gasteiger partial charge in [-0.1, -0.05) is 29.9 Å². The molecular formula is C20H21N5O2S. The van der Waals surface area contributed by atoms with Crippen molar-refractivity contribution in [3.05, 3.63) is 41.2 Å². The zero-order valence-corrected chi connectivity index (χ0v) is 16.2. The second kappa shape index (κ2) is 7.01. The van der Waals surface area contributed by atoms with Crippen molar-refractivity contribution in [3.8, 4) is 0 Å². The monoisotopic (exact) mass is 395 g/mol. The van der Waals surface area contributed by atoms with E-state index in [1.54, 1.807) is 6.33 Å². The average molecular weight is 395 g/mol. The molecular weight excluding hydrogens is 374 g/mol. The van der Waals surface area contributed by atoms with Gasteiger partial charge in [-0.15, -0.1) is 0 Å². The quantitative estimate of drug-likeness (QED) is 0.737. The number of carbonyl (C=O) groups is 2. The Balaban J connectivity index is 1.26. The smallest absolute Gasteiger partial charge is 0.242 e. The molecule has 8 heteroatoms. The molecule has 0 radical (unpaired) electrons. The Morgan fingerprint density at radius 1 is 1.25 bits per heavy atom. The molecule has 0 unspecified atom stereocenters. The van der Waals surface area contributed by atoms with E-state index in [0.717, 1.165) is 47.3 Å². The van der Waals surface area contributed by atoms with Crippen molar-refractivity contribution in [1.82, 2.24) is 19.4 Å². The van der Waals surface area contributed by atoms with E-state index in [-0.39, 0.29) is 24.3 Å². The number of nitrogens with one attached hydrogen (secondary N) is 1. The van der Waals surface area contributed by atoms with Crippen molar-refractivity contribution in [2.75, 3.05) is 11.9 Å². The standard InChI is InChI=1S/C20H21N5O2S/c26-18(11-25-12-21-14-6-1-2-7-16(14)25)24-9-8-15-17(10-24)28-20(22-15)23-19(27)13-4-3-5-13/h1-2,6-7,12-13H,3-5,8-11H2,(H,22,23,27). The van der Waals surface area contributed by atoms with Gasteiger partial charge >= 0.3 is 0 Å². The van der Waals surface area contributed by atoms with Crippen LogP contribution in [-0.2, 0) is 29.1 Å². The minimum Gasteiger partial charge on any atom is -0.336 e. The van der Waals surface area contributed by atoms with Crippen molar-refractivity contribution >= 4 is 39.3 Å². The molecule has 0 atom stereocenters. The Bertz CT molecular complexity index is 1050. The van der Waals surface area contributed by atoms with E-state index in [0.29, 0.717) is 18.2 Å². The molecule has 5 rings (SSSR count). The Kier molecular flexibility index (Phi) is 4.35. The van der Waals surface area contributed by atoms with Crippen LogP contribution in [-0.4, -0.2) is 37.8 Å². The normalized spacial score (nSPS) is 16.6. The van der Waals surface area contributed by atoms with Gasteiger partial charge in [0.25, 0.3) is 0 Å². The van der Waals surface area contributed by atoms with Gasteiger partial charge in [0.2, 0.25) is 11.8 Å². The Labute approximate surface area is 166 Å². The molecule has 2 aliphatic rings. The number of hydrogen-bond donors (Lipinski definition) is 1. The number of benzene rings is 1. The lowest BCUT2D eigenvalue weighted by atomic mass is 9.85.